The fourth-order valence-corrected chi connectivity index (χ4v) is 5.86. The largest absolute Gasteiger partial charge is 0.467 e. The lowest BCUT2D eigenvalue weighted by Crippen LogP contribution is -2.01. The van der Waals surface area contributed by atoms with Crippen LogP contribution in [0.2, 0.25) is 0 Å². The van der Waals surface area contributed by atoms with E-state index in [1.54, 1.807) is 0 Å². The predicted molar refractivity (Wildman–Crippen MR) is 179 cm³/mol. The predicted octanol–water partition coefficient (Wildman–Crippen LogP) is 9.32. The summed E-state index contributed by atoms with van der Waals surface area (Å²) in [6.45, 7) is -0.956. The summed E-state index contributed by atoms with van der Waals surface area (Å²) < 4.78 is 11.6. The van der Waals surface area contributed by atoms with E-state index in [2.05, 4.69) is 84.9 Å². The summed E-state index contributed by atoms with van der Waals surface area (Å²) in [5, 5.41) is 24.4. The van der Waals surface area contributed by atoms with Crippen molar-refractivity contribution in [1.82, 2.24) is 0 Å². The zero-order valence-corrected chi connectivity index (χ0v) is 24.0. The summed E-state index contributed by atoms with van der Waals surface area (Å²) in [5.41, 5.74) is 7.61. The van der Waals surface area contributed by atoms with Crippen LogP contribution in [0, 0.1) is 0 Å². The summed E-state index contributed by atoms with van der Waals surface area (Å²) in [6.07, 6.45) is 0. The molecule has 7 aromatic carbocycles. The van der Waals surface area contributed by atoms with Crippen LogP contribution >= 0.6 is 0 Å². The molecule has 214 valence electrons. The van der Waals surface area contributed by atoms with E-state index < -0.39 is 13.6 Å². The van der Waals surface area contributed by atoms with E-state index in [-0.39, 0.29) is 0 Å². The van der Waals surface area contributed by atoms with Gasteiger partial charge in [-0.3, -0.25) is 0 Å². The number of hydrogen-bond acceptors (Lipinski definition) is 4. The van der Waals surface area contributed by atoms with Crippen LogP contribution < -0.4 is 9.47 Å². The maximum atomic E-state index is 9.84. The summed E-state index contributed by atoms with van der Waals surface area (Å²) in [4.78, 5) is 0. The van der Waals surface area contributed by atoms with Gasteiger partial charge in [-0.2, -0.15) is 0 Å². The Balaban J connectivity index is 1.31. The van der Waals surface area contributed by atoms with Crippen molar-refractivity contribution in [2.75, 3.05) is 13.6 Å². The Morgan fingerprint density at radius 2 is 0.727 bits per heavy atom. The lowest BCUT2D eigenvalue weighted by molar-refractivity contribution is 0.0956. The Labute approximate surface area is 256 Å². The third kappa shape index (κ3) is 5.40. The average molecular weight is 575 g/mol. The maximum Gasteiger partial charge on any atom is 0.186 e. The topological polar surface area (TPSA) is 58.9 Å². The Kier molecular flexibility index (Phi) is 7.51. The van der Waals surface area contributed by atoms with Gasteiger partial charge in [0.05, 0.1) is 0 Å². The molecular weight excluding hydrogens is 544 g/mol. The highest BCUT2D eigenvalue weighted by molar-refractivity contribution is 5.90. The smallest absolute Gasteiger partial charge is 0.186 e. The molecule has 4 nitrogen and oxygen atoms in total. The number of fused-ring (bicyclic) bond motifs is 2. The summed E-state index contributed by atoms with van der Waals surface area (Å²) in [5.74, 6) is 1.03. The molecule has 0 bridgehead atoms. The second-order valence-corrected chi connectivity index (χ2v) is 10.7. The van der Waals surface area contributed by atoms with Crippen LogP contribution in [0.5, 0.6) is 11.5 Å². The maximum absolute atomic E-state index is 9.84. The van der Waals surface area contributed by atoms with E-state index in [4.69, 9.17) is 9.47 Å². The Morgan fingerprint density at radius 1 is 0.341 bits per heavy atom. The molecule has 0 aromatic heterocycles. The minimum Gasteiger partial charge on any atom is -0.467 e. The molecule has 0 aliphatic carbocycles. The molecule has 7 rings (SSSR count). The summed E-state index contributed by atoms with van der Waals surface area (Å²) >= 11 is 0. The van der Waals surface area contributed by atoms with Gasteiger partial charge in [0.15, 0.2) is 13.6 Å². The van der Waals surface area contributed by atoms with E-state index in [1.165, 1.54) is 21.5 Å². The second-order valence-electron chi connectivity index (χ2n) is 10.7. The van der Waals surface area contributed by atoms with Crippen molar-refractivity contribution in [2.45, 2.75) is 0 Å². The highest BCUT2D eigenvalue weighted by atomic mass is 16.6. The minimum absolute atomic E-state index is 0.478. The second kappa shape index (κ2) is 12.1. The first kappa shape index (κ1) is 27.4. The van der Waals surface area contributed by atoms with Gasteiger partial charge in [0.2, 0.25) is 0 Å². The number of benzene rings is 7. The van der Waals surface area contributed by atoms with Crippen LogP contribution in [0.25, 0.3) is 66.1 Å². The number of aliphatic hydroxyl groups is 2. The van der Waals surface area contributed by atoms with Crippen LogP contribution in [0.15, 0.2) is 146 Å². The lowest BCUT2D eigenvalue weighted by atomic mass is 9.93. The van der Waals surface area contributed by atoms with Gasteiger partial charge in [-0.25, -0.2) is 0 Å². The van der Waals surface area contributed by atoms with Crippen molar-refractivity contribution in [3.8, 4) is 56.0 Å². The van der Waals surface area contributed by atoms with Gasteiger partial charge in [-0.15, -0.1) is 0 Å². The number of ether oxygens (including phenoxy) is 2. The van der Waals surface area contributed by atoms with E-state index in [0.29, 0.717) is 11.5 Å². The molecule has 44 heavy (non-hydrogen) atoms. The normalized spacial score (nSPS) is 11.1. The average Bonchev–Trinajstić information content (AvgIpc) is 3.08. The molecule has 0 aliphatic heterocycles. The zero-order valence-electron chi connectivity index (χ0n) is 24.0. The highest BCUT2D eigenvalue weighted by Crippen LogP contribution is 2.43. The molecule has 0 fully saturated rings. The zero-order chi connectivity index (χ0) is 29.9. The van der Waals surface area contributed by atoms with Gasteiger partial charge in [0, 0.05) is 11.1 Å². The van der Waals surface area contributed by atoms with Crippen molar-refractivity contribution in [1.29, 1.82) is 0 Å². The molecule has 0 saturated carbocycles. The van der Waals surface area contributed by atoms with Gasteiger partial charge < -0.3 is 19.7 Å². The van der Waals surface area contributed by atoms with Crippen LogP contribution in [0.1, 0.15) is 0 Å². The minimum atomic E-state index is -0.478. The Morgan fingerprint density at radius 3 is 1.16 bits per heavy atom. The molecule has 0 amide bonds. The first-order valence-corrected chi connectivity index (χ1v) is 14.5. The molecular formula is C40H30O4. The lowest BCUT2D eigenvalue weighted by Gasteiger charge is -2.18. The highest BCUT2D eigenvalue weighted by Gasteiger charge is 2.17. The van der Waals surface area contributed by atoms with E-state index >= 15 is 0 Å². The number of hydrogen-bond donors (Lipinski definition) is 2. The SMILES string of the molecule is OCOc1cc(-c2cccc(-c3ccc4ccccc4c3)c2)c(OCO)cc1-c1cccc(-c2ccc3ccccc3c2)c1. The molecule has 0 saturated heterocycles. The van der Waals surface area contributed by atoms with Crippen LogP contribution in [0.3, 0.4) is 0 Å². The fourth-order valence-electron chi connectivity index (χ4n) is 5.86. The first-order valence-electron chi connectivity index (χ1n) is 14.5. The van der Waals surface area contributed by atoms with Crippen molar-refractivity contribution in [3.05, 3.63) is 146 Å². The molecule has 2 N–H and O–H groups in total. The van der Waals surface area contributed by atoms with Gasteiger partial charge in [0.1, 0.15) is 11.5 Å². The van der Waals surface area contributed by atoms with Crippen molar-refractivity contribution in [3.63, 3.8) is 0 Å². The van der Waals surface area contributed by atoms with E-state index in [9.17, 15) is 10.2 Å². The fraction of sp³-hybridized carbons (Fsp3) is 0.0500. The van der Waals surface area contributed by atoms with E-state index in [1.807, 2.05) is 60.7 Å². The third-order valence-corrected chi connectivity index (χ3v) is 8.03. The third-order valence-electron chi connectivity index (χ3n) is 8.03. The summed E-state index contributed by atoms with van der Waals surface area (Å²) in [7, 11) is 0. The van der Waals surface area contributed by atoms with Gasteiger partial charge >= 0.3 is 0 Å². The molecule has 0 aliphatic rings. The molecule has 7 aromatic rings. The van der Waals surface area contributed by atoms with Crippen molar-refractivity contribution in [2.24, 2.45) is 0 Å². The Bertz CT molecular complexity index is 1960. The van der Waals surface area contributed by atoms with Crippen LogP contribution in [-0.4, -0.2) is 23.8 Å². The quantitative estimate of drug-likeness (QED) is 0.178. The first-order chi connectivity index (χ1) is 21.7. The molecule has 0 spiro atoms. The van der Waals surface area contributed by atoms with E-state index in [0.717, 1.165) is 44.5 Å². The molecule has 0 heterocycles. The molecule has 0 radical (unpaired) electrons. The van der Waals surface area contributed by atoms with Crippen molar-refractivity contribution >= 4 is 21.5 Å². The van der Waals surface area contributed by atoms with Gasteiger partial charge in [-0.1, -0.05) is 109 Å². The number of aliphatic hydroxyl groups excluding tert-OH is 2. The molecule has 4 heteroatoms. The Hall–Kier alpha value is -5.42. The molecule has 0 unspecified atom stereocenters. The van der Waals surface area contributed by atoms with Gasteiger partial charge in [0.25, 0.3) is 0 Å². The molecule has 0 atom stereocenters. The summed E-state index contributed by atoms with van der Waals surface area (Å²) in [6, 6.07) is 49.6. The standard InChI is InChI=1S/C40H30O4/c41-25-43-39-24-38(36-14-6-12-32(22-36)34-18-16-28-8-2-4-10-30(28)20-34)40(44-26-42)23-37(39)35-13-5-11-31(21-35)33-17-15-27-7-1-3-9-29(27)19-33/h1-24,41-42H,25-26H2. The van der Waals surface area contributed by atoms with Crippen LogP contribution in [0.4, 0.5) is 0 Å². The van der Waals surface area contributed by atoms with Gasteiger partial charge in [-0.05, 0) is 91.3 Å². The van der Waals surface area contributed by atoms with Crippen LogP contribution in [-0.2, 0) is 0 Å². The monoisotopic (exact) mass is 574 g/mol. The number of rotatable bonds is 8. The van der Waals surface area contributed by atoms with Crippen molar-refractivity contribution < 1.29 is 19.7 Å².